The van der Waals surface area contributed by atoms with Gasteiger partial charge in [-0.05, 0) is 19.1 Å². The van der Waals surface area contributed by atoms with Crippen LogP contribution in [0.1, 0.15) is 13.3 Å². The van der Waals surface area contributed by atoms with Crippen molar-refractivity contribution in [3.05, 3.63) is 24.4 Å². The van der Waals surface area contributed by atoms with Crippen LogP contribution in [0.4, 0.5) is 20.3 Å². The van der Waals surface area contributed by atoms with Crippen LogP contribution in [0.5, 0.6) is 5.75 Å². The van der Waals surface area contributed by atoms with Gasteiger partial charge in [0.15, 0.2) is 5.82 Å². The Kier molecular flexibility index (Phi) is 5.77. The van der Waals surface area contributed by atoms with Crippen LogP contribution in [0.25, 0.3) is 11.4 Å². The van der Waals surface area contributed by atoms with Gasteiger partial charge in [-0.3, -0.25) is 14.5 Å². The van der Waals surface area contributed by atoms with Crippen molar-refractivity contribution in [2.45, 2.75) is 38.5 Å². The highest BCUT2D eigenvalue weighted by molar-refractivity contribution is 5.96. The van der Waals surface area contributed by atoms with E-state index >= 15 is 0 Å². The van der Waals surface area contributed by atoms with Crippen LogP contribution in [0.2, 0.25) is 0 Å². The maximum atomic E-state index is 13.2. The molecule has 1 aromatic heterocycles. The van der Waals surface area contributed by atoms with Gasteiger partial charge in [0.25, 0.3) is 12.3 Å². The maximum Gasteiger partial charge on any atom is 0.257 e. The standard InChI is InChI=1S/C20H23F2N5O4/c1-11(18(23)28)24-12-2-3-13-15(8-12)31-7-5-26-10-17(25-19(13)26)27(9-16(21)22)20(29)14-4-6-30-14/h2-3,8,10-11,14,16,24H,4-7,9H2,1H3,(H2,23,28)/t11-,14-/m0/s1. The van der Waals surface area contributed by atoms with Gasteiger partial charge in [-0.15, -0.1) is 0 Å². The summed E-state index contributed by atoms with van der Waals surface area (Å²) in [6.45, 7) is 2.07. The first-order valence-electron chi connectivity index (χ1n) is 9.95. The quantitative estimate of drug-likeness (QED) is 0.684. The highest BCUT2D eigenvalue weighted by Crippen LogP contribution is 2.36. The molecule has 11 heteroatoms. The molecule has 1 saturated heterocycles. The van der Waals surface area contributed by atoms with E-state index in [1.54, 1.807) is 35.9 Å². The second kappa shape index (κ2) is 8.50. The number of carbonyl (C=O) groups is 2. The van der Waals surface area contributed by atoms with Crippen LogP contribution in [-0.2, 0) is 20.9 Å². The topological polar surface area (TPSA) is 112 Å². The Labute approximate surface area is 177 Å². The van der Waals surface area contributed by atoms with Crippen LogP contribution in [0.3, 0.4) is 0 Å². The van der Waals surface area contributed by atoms with Gasteiger partial charge in [0.05, 0.1) is 25.3 Å². The van der Waals surface area contributed by atoms with Gasteiger partial charge < -0.3 is 25.1 Å². The molecule has 1 fully saturated rings. The number of aromatic nitrogens is 2. The molecule has 2 aromatic rings. The average molecular weight is 435 g/mol. The first-order valence-corrected chi connectivity index (χ1v) is 9.95. The molecule has 0 radical (unpaired) electrons. The van der Waals surface area contributed by atoms with Crippen LogP contribution >= 0.6 is 0 Å². The lowest BCUT2D eigenvalue weighted by molar-refractivity contribution is -0.142. The molecule has 2 aliphatic heterocycles. The van der Waals surface area contributed by atoms with Gasteiger partial charge in [0.2, 0.25) is 5.91 Å². The molecule has 0 aliphatic carbocycles. The van der Waals surface area contributed by atoms with Crippen molar-refractivity contribution in [1.29, 1.82) is 0 Å². The monoisotopic (exact) mass is 435 g/mol. The lowest BCUT2D eigenvalue weighted by Crippen LogP contribution is -2.47. The number of ether oxygens (including phenoxy) is 2. The number of alkyl halides is 2. The first kappa shape index (κ1) is 21.0. The molecule has 0 bridgehead atoms. The molecule has 2 atom stereocenters. The Hall–Kier alpha value is -3.21. The fraction of sp³-hybridized carbons (Fsp3) is 0.450. The van der Waals surface area contributed by atoms with Gasteiger partial charge in [0.1, 0.15) is 30.3 Å². The number of amides is 2. The minimum atomic E-state index is -2.71. The molecule has 2 aliphatic rings. The van der Waals surface area contributed by atoms with E-state index in [1.807, 2.05) is 0 Å². The van der Waals surface area contributed by atoms with Gasteiger partial charge >= 0.3 is 0 Å². The zero-order chi connectivity index (χ0) is 22.1. The molecule has 166 valence electrons. The molecule has 9 nitrogen and oxygen atoms in total. The Balaban J connectivity index is 1.66. The van der Waals surface area contributed by atoms with E-state index in [1.165, 1.54) is 0 Å². The lowest BCUT2D eigenvalue weighted by atomic mass is 10.1. The first-order chi connectivity index (χ1) is 14.8. The summed E-state index contributed by atoms with van der Waals surface area (Å²) in [6, 6.07) is 4.66. The molecule has 31 heavy (non-hydrogen) atoms. The van der Waals surface area contributed by atoms with Crippen LogP contribution in [0, 0.1) is 0 Å². The van der Waals surface area contributed by atoms with Crippen molar-refractivity contribution in [2.24, 2.45) is 5.73 Å². The summed E-state index contributed by atoms with van der Waals surface area (Å²) < 4.78 is 39.1. The predicted molar refractivity (Wildman–Crippen MR) is 108 cm³/mol. The summed E-state index contributed by atoms with van der Waals surface area (Å²) in [7, 11) is 0. The molecule has 0 spiro atoms. The largest absolute Gasteiger partial charge is 0.491 e. The number of hydrogen-bond donors (Lipinski definition) is 2. The van der Waals surface area contributed by atoms with Crippen molar-refractivity contribution in [2.75, 3.05) is 30.0 Å². The van der Waals surface area contributed by atoms with Gasteiger partial charge in [-0.1, -0.05) is 0 Å². The normalized spacial score (nSPS) is 18.1. The van der Waals surface area contributed by atoms with E-state index in [4.69, 9.17) is 15.2 Å². The van der Waals surface area contributed by atoms with Crippen molar-refractivity contribution in [1.82, 2.24) is 9.55 Å². The smallest absolute Gasteiger partial charge is 0.257 e. The molecule has 2 amide bonds. The number of carbonyl (C=O) groups excluding carboxylic acids is 2. The van der Waals surface area contributed by atoms with Crippen LogP contribution in [-0.4, -0.2) is 59.7 Å². The number of anilines is 2. The Morgan fingerprint density at radius 3 is 2.81 bits per heavy atom. The van der Waals surface area contributed by atoms with Gasteiger partial charge in [-0.25, -0.2) is 13.8 Å². The summed E-state index contributed by atoms with van der Waals surface area (Å²) in [4.78, 5) is 29.4. The maximum absolute atomic E-state index is 13.2. The molecule has 0 saturated carbocycles. The molecular weight excluding hydrogens is 412 g/mol. The molecular formula is C20H23F2N5O4. The minimum Gasteiger partial charge on any atom is -0.491 e. The summed E-state index contributed by atoms with van der Waals surface area (Å²) in [6.07, 6.45) is -1.34. The lowest BCUT2D eigenvalue weighted by Gasteiger charge is -2.30. The van der Waals surface area contributed by atoms with Crippen molar-refractivity contribution < 1.29 is 27.8 Å². The minimum absolute atomic E-state index is 0.146. The van der Waals surface area contributed by atoms with Crippen molar-refractivity contribution in [3.63, 3.8) is 0 Å². The summed E-state index contributed by atoms with van der Waals surface area (Å²) in [5.74, 6) is 0.157. The molecule has 0 unspecified atom stereocenters. The molecule has 3 N–H and O–H groups in total. The Morgan fingerprint density at radius 2 is 2.16 bits per heavy atom. The molecule has 1 aromatic carbocycles. The summed E-state index contributed by atoms with van der Waals surface area (Å²) >= 11 is 0. The van der Waals surface area contributed by atoms with Crippen LogP contribution < -0.4 is 20.7 Å². The van der Waals surface area contributed by atoms with Crippen molar-refractivity contribution >= 4 is 23.3 Å². The van der Waals surface area contributed by atoms with E-state index < -0.39 is 36.9 Å². The van der Waals surface area contributed by atoms with E-state index in [0.717, 1.165) is 4.90 Å². The zero-order valence-corrected chi connectivity index (χ0v) is 16.9. The number of rotatable bonds is 7. The molecule has 4 rings (SSSR count). The fourth-order valence-corrected chi connectivity index (χ4v) is 3.45. The number of nitrogens with zero attached hydrogens (tertiary/aromatic N) is 3. The van der Waals surface area contributed by atoms with E-state index in [0.29, 0.717) is 49.0 Å². The molecule has 3 heterocycles. The zero-order valence-electron chi connectivity index (χ0n) is 16.9. The number of nitrogens with two attached hydrogens (primary N) is 1. The fourth-order valence-electron chi connectivity index (χ4n) is 3.45. The number of benzene rings is 1. The number of halogens is 2. The van der Waals surface area contributed by atoms with Gasteiger partial charge in [0, 0.05) is 24.4 Å². The summed E-state index contributed by atoms with van der Waals surface area (Å²) in [5, 5.41) is 2.99. The number of nitrogens with one attached hydrogen (secondary N) is 1. The van der Waals surface area contributed by atoms with Crippen molar-refractivity contribution in [3.8, 4) is 17.1 Å². The third-order valence-electron chi connectivity index (χ3n) is 5.22. The Morgan fingerprint density at radius 1 is 1.39 bits per heavy atom. The Bertz CT molecular complexity index is 992. The highest BCUT2D eigenvalue weighted by atomic mass is 19.3. The number of primary amides is 1. The van der Waals surface area contributed by atoms with E-state index in [-0.39, 0.29) is 5.82 Å². The second-order valence-electron chi connectivity index (χ2n) is 7.43. The third kappa shape index (κ3) is 4.31. The number of imidazole rings is 1. The predicted octanol–water partition coefficient (Wildman–Crippen LogP) is 1.62. The number of hydrogen-bond acceptors (Lipinski definition) is 6. The summed E-state index contributed by atoms with van der Waals surface area (Å²) in [5.41, 5.74) is 6.58. The van der Waals surface area contributed by atoms with Crippen LogP contribution in [0.15, 0.2) is 24.4 Å². The number of fused-ring (bicyclic) bond motifs is 3. The second-order valence-corrected chi connectivity index (χ2v) is 7.43. The van der Waals surface area contributed by atoms with E-state index in [9.17, 15) is 18.4 Å². The SMILES string of the molecule is C[C@H](Nc1ccc2c(c1)OCCn1cc(N(CC(F)F)C(=O)[C@@H]3CCO3)nc1-2)C(N)=O. The average Bonchev–Trinajstić information content (AvgIpc) is 3.00. The van der Waals surface area contributed by atoms with E-state index in [2.05, 4.69) is 10.3 Å². The third-order valence-corrected chi connectivity index (χ3v) is 5.22. The van der Waals surface area contributed by atoms with Gasteiger partial charge in [-0.2, -0.15) is 0 Å². The highest BCUT2D eigenvalue weighted by Gasteiger charge is 2.34.